The third-order valence-electron chi connectivity index (χ3n) is 3.65. The maximum atomic E-state index is 4.51. The number of nitrogens with one attached hydrogen (secondary N) is 1. The Hall–Kier alpha value is -0.980. The maximum Gasteiger partial charge on any atom is 0.193 e. The normalized spacial score (nSPS) is 18.4. The van der Waals surface area contributed by atoms with Gasteiger partial charge in [0, 0.05) is 45.5 Å². The van der Waals surface area contributed by atoms with Gasteiger partial charge in [0.1, 0.15) is 0 Å². The Labute approximate surface area is 145 Å². The molecule has 0 bridgehead atoms. The molecule has 1 atom stereocenters. The van der Waals surface area contributed by atoms with Gasteiger partial charge in [0.15, 0.2) is 5.96 Å². The van der Waals surface area contributed by atoms with Crippen LogP contribution in [-0.2, 0) is 0 Å². The number of hydrogen-bond acceptors (Lipinski definition) is 2. The fourth-order valence-electron chi connectivity index (χ4n) is 2.52. The van der Waals surface area contributed by atoms with Crippen molar-refractivity contribution < 1.29 is 0 Å². The molecule has 5 heteroatoms. The van der Waals surface area contributed by atoms with E-state index in [1.165, 1.54) is 11.3 Å². The number of nitrogens with zero attached hydrogens (tertiary/aromatic N) is 3. The number of rotatable bonds is 3. The second kappa shape index (κ2) is 8.46. The van der Waals surface area contributed by atoms with Crippen molar-refractivity contribution in [2.45, 2.75) is 26.3 Å². The lowest BCUT2D eigenvalue weighted by Crippen LogP contribution is -2.44. The van der Waals surface area contributed by atoms with E-state index in [4.69, 9.17) is 0 Å². The SMILES string of the molecule is CCN=C(NC1CCN(c2ccc(C)cc2)C1)N(C)C.I. The molecular weight excluding hydrogens is 375 g/mol. The molecule has 0 amide bonds. The molecular formula is C16H27IN4. The number of aliphatic imine (C=N–C) groups is 1. The zero-order valence-electron chi connectivity index (χ0n) is 13.5. The molecule has 21 heavy (non-hydrogen) atoms. The molecule has 1 aliphatic rings. The van der Waals surface area contributed by atoms with E-state index in [1.807, 2.05) is 14.1 Å². The fourth-order valence-corrected chi connectivity index (χ4v) is 2.52. The first-order valence-electron chi connectivity index (χ1n) is 7.40. The van der Waals surface area contributed by atoms with Crippen molar-refractivity contribution in [3.05, 3.63) is 29.8 Å². The van der Waals surface area contributed by atoms with Crippen LogP contribution in [0.15, 0.2) is 29.3 Å². The molecule has 1 N–H and O–H groups in total. The lowest BCUT2D eigenvalue weighted by atomic mass is 10.2. The largest absolute Gasteiger partial charge is 0.369 e. The first kappa shape index (κ1) is 18.1. The topological polar surface area (TPSA) is 30.9 Å². The zero-order valence-corrected chi connectivity index (χ0v) is 15.8. The third-order valence-corrected chi connectivity index (χ3v) is 3.65. The molecule has 0 aromatic heterocycles. The van der Waals surface area contributed by atoms with Crippen molar-refractivity contribution in [2.24, 2.45) is 4.99 Å². The maximum absolute atomic E-state index is 4.51. The van der Waals surface area contributed by atoms with Gasteiger partial charge in [-0.2, -0.15) is 0 Å². The highest BCUT2D eigenvalue weighted by Crippen LogP contribution is 2.20. The van der Waals surface area contributed by atoms with Crippen LogP contribution in [0.1, 0.15) is 18.9 Å². The van der Waals surface area contributed by atoms with Crippen molar-refractivity contribution in [3.63, 3.8) is 0 Å². The number of aryl methyl sites for hydroxylation is 1. The zero-order chi connectivity index (χ0) is 14.5. The first-order valence-corrected chi connectivity index (χ1v) is 7.40. The van der Waals surface area contributed by atoms with E-state index in [9.17, 15) is 0 Å². The molecule has 118 valence electrons. The van der Waals surface area contributed by atoms with E-state index in [-0.39, 0.29) is 24.0 Å². The van der Waals surface area contributed by atoms with Gasteiger partial charge in [0.25, 0.3) is 0 Å². The molecule has 1 heterocycles. The molecule has 1 unspecified atom stereocenters. The van der Waals surface area contributed by atoms with E-state index < -0.39 is 0 Å². The molecule has 1 aromatic carbocycles. The van der Waals surface area contributed by atoms with Gasteiger partial charge in [-0.1, -0.05) is 17.7 Å². The van der Waals surface area contributed by atoms with Crippen LogP contribution in [0.2, 0.25) is 0 Å². The molecule has 4 nitrogen and oxygen atoms in total. The lowest BCUT2D eigenvalue weighted by Gasteiger charge is -2.23. The summed E-state index contributed by atoms with van der Waals surface area (Å²) in [6, 6.07) is 9.26. The van der Waals surface area contributed by atoms with Crippen molar-refractivity contribution in [3.8, 4) is 0 Å². The quantitative estimate of drug-likeness (QED) is 0.479. The lowest BCUT2D eigenvalue weighted by molar-refractivity contribution is 0.546. The summed E-state index contributed by atoms with van der Waals surface area (Å²) in [5, 5.41) is 3.56. The summed E-state index contributed by atoms with van der Waals surface area (Å²) in [7, 11) is 4.07. The van der Waals surface area contributed by atoms with Gasteiger partial charge in [0.2, 0.25) is 0 Å². The highest BCUT2D eigenvalue weighted by atomic mass is 127. The predicted octanol–water partition coefficient (Wildman–Crippen LogP) is 2.72. The molecule has 1 fully saturated rings. The second-order valence-corrected chi connectivity index (χ2v) is 5.60. The van der Waals surface area contributed by atoms with Gasteiger partial charge >= 0.3 is 0 Å². The molecule has 1 saturated heterocycles. The van der Waals surface area contributed by atoms with Crippen LogP contribution < -0.4 is 10.2 Å². The molecule has 0 radical (unpaired) electrons. The van der Waals surface area contributed by atoms with Crippen molar-refractivity contribution in [1.82, 2.24) is 10.2 Å². The summed E-state index contributed by atoms with van der Waals surface area (Å²) >= 11 is 0. The third kappa shape index (κ3) is 5.05. The van der Waals surface area contributed by atoms with Crippen LogP contribution in [0.25, 0.3) is 0 Å². The summed E-state index contributed by atoms with van der Waals surface area (Å²) in [4.78, 5) is 9.00. The van der Waals surface area contributed by atoms with Crippen LogP contribution in [0.5, 0.6) is 0 Å². The minimum absolute atomic E-state index is 0. The molecule has 0 saturated carbocycles. The Morgan fingerprint density at radius 1 is 1.33 bits per heavy atom. The standard InChI is InChI=1S/C16H26N4.HI/c1-5-17-16(19(3)4)18-14-10-11-20(12-14)15-8-6-13(2)7-9-15;/h6-9,14H,5,10-12H2,1-4H3,(H,17,18);1H. The smallest absolute Gasteiger partial charge is 0.193 e. The Morgan fingerprint density at radius 2 is 2.00 bits per heavy atom. The Balaban J connectivity index is 0.00000220. The number of anilines is 1. The van der Waals surface area contributed by atoms with Gasteiger partial charge in [-0.05, 0) is 32.4 Å². The van der Waals surface area contributed by atoms with E-state index in [2.05, 4.69) is 58.2 Å². The van der Waals surface area contributed by atoms with Crippen molar-refractivity contribution >= 4 is 35.6 Å². The van der Waals surface area contributed by atoms with Gasteiger partial charge in [-0.25, -0.2) is 0 Å². The van der Waals surface area contributed by atoms with Gasteiger partial charge < -0.3 is 15.1 Å². The van der Waals surface area contributed by atoms with E-state index in [0.29, 0.717) is 6.04 Å². The summed E-state index contributed by atoms with van der Waals surface area (Å²) in [5.74, 6) is 0.989. The number of halogens is 1. The fraction of sp³-hybridized carbons (Fsp3) is 0.562. The summed E-state index contributed by atoms with van der Waals surface area (Å²) in [5.41, 5.74) is 2.63. The molecule has 1 aliphatic heterocycles. The Kier molecular flexibility index (Phi) is 7.28. The molecule has 2 rings (SSSR count). The predicted molar refractivity (Wildman–Crippen MR) is 102 cm³/mol. The number of benzene rings is 1. The van der Waals surface area contributed by atoms with Crippen LogP contribution in [-0.4, -0.2) is 50.6 Å². The summed E-state index contributed by atoms with van der Waals surface area (Å²) in [6.45, 7) is 7.16. The van der Waals surface area contributed by atoms with E-state index >= 15 is 0 Å². The highest BCUT2D eigenvalue weighted by molar-refractivity contribution is 14.0. The van der Waals surface area contributed by atoms with Crippen molar-refractivity contribution in [1.29, 1.82) is 0 Å². The number of guanidine groups is 1. The van der Waals surface area contributed by atoms with Crippen molar-refractivity contribution in [2.75, 3.05) is 38.6 Å². The highest BCUT2D eigenvalue weighted by Gasteiger charge is 2.23. The Morgan fingerprint density at radius 3 is 2.57 bits per heavy atom. The summed E-state index contributed by atoms with van der Waals surface area (Å²) < 4.78 is 0. The monoisotopic (exact) mass is 402 g/mol. The first-order chi connectivity index (χ1) is 9.60. The van der Waals surface area contributed by atoms with E-state index in [0.717, 1.165) is 32.0 Å². The average molecular weight is 402 g/mol. The number of hydrogen-bond donors (Lipinski definition) is 1. The molecule has 0 aliphatic carbocycles. The molecule has 1 aromatic rings. The van der Waals surface area contributed by atoms with Crippen LogP contribution in [0.4, 0.5) is 5.69 Å². The second-order valence-electron chi connectivity index (χ2n) is 5.60. The van der Waals surface area contributed by atoms with Gasteiger partial charge in [-0.3, -0.25) is 4.99 Å². The van der Waals surface area contributed by atoms with Crippen LogP contribution >= 0.6 is 24.0 Å². The minimum Gasteiger partial charge on any atom is -0.369 e. The van der Waals surface area contributed by atoms with Crippen LogP contribution in [0.3, 0.4) is 0 Å². The summed E-state index contributed by atoms with van der Waals surface area (Å²) in [6.07, 6.45) is 1.16. The Bertz CT molecular complexity index is 456. The van der Waals surface area contributed by atoms with Gasteiger partial charge in [-0.15, -0.1) is 24.0 Å². The van der Waals surface area contributed by atoms with E-state index in [1.54, 1.807) is 0 Å². The van der Waals surface area contributed by atoms with Crippen LogP contribution in [0, 0.1) is 6.92 Å². The average Bonchev–Trinajstić information content (AvgIpc) is 2.87. The van der Waals surface area contributed by atoms with Gasteiger partial charge in [0.05, 0.1) is 0 Å². The molecule has 0 spiro atoms. The minimum atomic E-state index is 0.